The highest BCUT2D eigenvalue weighted by atomic mass is 19.4. The number of nitrogens with zero attached hydrogens (tertiary/aromatic N) is 1. The number of ether oxygens (including phenoxy) is 1. The second-order valence-electron chi connectivity index (χ2n) is 13.2. The van der Waals surface area contributed by atoms with Crippen LogP contribution in [-0.4, -0.2) is 70.9 Å². The molecule has 0 aromatic heterocycles. The number of rotatable bonds is 9. The summed E-state index contributed by atoms with van der Waals surface area (Å²) in [5.74, 6) is -3.45. The first-order valence-corrected chi connectivity index (χ1v) is 13.1. The van der Waals surface area contributed by atoms with E-state index in [1.165, 1.54) is 4.90 Å². The molecule has 1 aliphatic heterocycles. The number of Topliss-reactive ketones (excluding diaryl/α,β-unsaturated/α-hetero) is 1. The standard InChI is InChI=1S/C26H39F3N4O6/c1-23(2,3)18(32-22(38)39-25(6,7)26(27,28)29)21(37)33-11-13-15(24(13,4)5)16(33)20(36)31-14(10-12-8-9-12)17(34)19(30)35/h12-16,18H,8-11H2,1-7H3,(H2,30,35)(H,31,36)(H,32,38)/t13-,14?,15-,16?,18+/m0/s1. The van der Waals surface area contributed by atoms with Crippen LogP contribution in [-0.2, 0) is 23.9 Å². The van der Waals surface area contributed by atoms with Crippen LogP contribution in [0.4, 0.5) is 18.0 Å². The minimum absolute atomic E-state index is 0.0392. The molecule has 39 heavy (non-hydrogen) atoms. The van der Waals surface area contributed by atoms with Crippen molar-refractivity contribution in [1.82, 2.24) is 15.5 Å². The van der Waals surface area contributed by atoms with E-state index in [2.05, 4.69) is 15.4 Å². The van der Waals surface area contributed by atoms with Crippen molar-refractivity contribution in [2.45, 2.75) is 97.6 Å². The van der Waals surface area contributed by atoms with Crippen LogP contribution in [0.3, 0.4) is 0 Å². The van der Waals surface area contributed by atoms with Gasteiger partial charge in [-0.25, -0.2) is 4.79 Å². The minimum Gasteiger partial charge on any atom is -0.434 e. The van der Waals surface area contributed by atoms with Gasteiger partial charge in [0.2, 0.25) is 23.2 Å². The van der Waals surface area contributed by atoms with Crippen LogP contribution in [0.25, 0.3) is 0 Å². The van der Waals surface area contributed by atoms with E-state index in [4.69, 9.17) is 5.73 Å². The van der Waals surface area contributed by atoms with Crippen LogP contribution in [0.1, 0.15) is 67.7 Å². The lowest BCUT2D eigenvalue weighted by Gasteiger charge is -2.38. The molecule has 0 radical (unpaired) electrons. The fourth-order valence-corrected chi connectivity index (χ4v) is 5.41. The molecule has 0 aromatic rings. The number of alkyl carbamates (subject to hydrolysis) is 1. The van der Waals surface area contributed by atoms with Gasteiger partial charge in [-0.05, 0) is 48.9 Å². The first kappa shape index (κ1) is 30.7. The molecule has 2 unspecified atom stereocenters. The molecular weight excluding hydrogens is 521 g/mol. The molecule has 3 aliphatic rings. The number of hydrogen-bond donors (Lipinski definition) is 3. The van der Waals surface area contributed by atoms with Crippen LogP contribution in [0.15, 0.2) is 0 Å². The topological polar surface area (TPSA) is 148 Å². The van der Waals surface area contributed by atoms with Crippen LogP contribution in [0.5, 0.6) is 0 Å². The number of ketones is 1. The highest BCUT2D eigenvalue weighted by molar-refractivity contribution is 6.37. The van der Waals surface area contributed by atoms with Crippen molar-refractivity contribution in [1.29, 1.82) is 0 Å². The lowest BCUT2D eigenvalue weighted by Crippen LogP contribution is -2.61. The van der Waals surface area contributed by atoms with E-state index in [1.54, 1.807) is 20.8 Å². The lowest BCUT2D eigenvalue weighted by molar-refractivity contribution is -0.244. The summed E-state index contributed by atoms with van der Waals surface area (Å²) in [6.07, 6.45) is -4.27. The molecule has 1 heterocycles. The maximum atomic E-state index is 13.8. The molecule has 13 heteroatoms. The van der Waals surface area contributed by atoms with Crippen molar-refractivity contribution in [3.05, 3.63) is 0 Å². The maximum Gasteiger partial charge on any atom is 0.427 e. The Morgan fingerprint density at radius 1 is 1.03 bits per heavy atom. The Bertz CT molecular complexity index is 1050. The number of nitrogens with two attached hydrogens (primary N) is 1. The van der Waals surface area contributed by atoms with Gasteiger partial charge in [-0.3, -0.25) is 19.2 Å². The normalized spacial score (nSPS) is 25.7. The Morgan fingerprint density at radius 3 is 2.05 bits per heavy atom. The monoisotopic (exact) mass is 560 g/mol. The number of carbonyl (C=O) groups excluding carboxylic acids is 5. The minimum atomic E-state index is -4.84. The average molecular weight is 561 g/mol. The predicted molar refractivity (Wildman–Crippen MR) is 133 cm³/mol. The van der Waals surface area contributed by atoms with Gasteiger partial charge in [-0.1, -0.05) is 47.5 Å². The number of nitrogens with one attached hydrogen (secondary N) is 2. The fourth-order valence-electron chi connectivity index (χ4n) is 5.41. The highest BCUT2D eigenvalue weighted by Gasteiger charge is 2.70. The Balaban J connectivity index is 1.83. The van der Waals surface area contributed by atoms with Crippen molar-refractivity contribution in [2.75, 3.05) is 6.54 Å². The van der Waals surface area contributed by atoms with Gasteiger partial charge in [0.25, 0.3) is 5.91 Å². The number of alkyl halides is 3. The zero-order valence-electron chi connectivity index (χ0n) is 23.4. The molecule has 2 saturated carbocycles. The largest absolute Gasteiger partial charge is 0.434 e. The second-order valence-corrected chi connectivity index (χ2v) is 13.2. The SMILES string of the molecule is CC(C)(C)[C@H](NC(=O)OC(C)(C)C(F)(F)F)C(=O)N1C[C@H]2[C@@H](C1C(=O)NC(CC1CC1)C(=O)C(N)=O)C2(C)C. The van der Waals surface area contributed by atoms with Crippen molar-refractivity contribution in [3.63, 3.8) is 0 Å². The van der Waals surface area contributed by atoms with Gasteiger partial charge >= 0.3 is 12.3 Å². The molecule has 0 bridgehead atoms. The van der Waals surface area contributed by atoms with Crippen molar-refractivity contribution in [3.8, 4) is 0 Å². The quantitative estimate of drug-likeness (QED) is 0.369. The zero-order valence-corrected chi connectivity index (χ0v) is 23.4. The van der Waals surface area contributed by atoms with E-state index in [0.29, 0.717) is 13.8 Å². The summed E-state index contributed by atoms with van der Waals surface area (Å²) >= 11 is 0. The summed E-state index contributed by atoms with van der Waals surface area (Å²) in [6, 6.07) is -3.44. The third-order valence-electron chi connectivity index (χ3n) is 8.31. The lowest BCUT2D eigenvalue weighted by atomic mass is 9.85. The van der Waals surface area contributed by atoms with Crippen molar-refractivity contribution < 1.29 is 41.9 Å². The van der Waals surface area contributed by atoms with Crippen LogP contribution < -0.4 is 16.4 Å². The van der Waals surface area contributed by atoms with Crippen molar-refractivity contribution in [2.24, 2.45) is 34.3 Å². The summed E-state index contributed by atoms with van der Waals surface area (Å²) < 4.78 is 44.4. The van der Waals surface area contributed by atoms with E-state index >= 15 is 0 Å². The number of likely N-dealkylation sites (tertiary alicyclic amines) is 1. The van der Waals surface area contributed by atoms with Crippen molar-refractivity contribution >= 4 is 29.6 Å². The molecule has 2 aliphatic carbocycles. The predicted octanol–water partition coefficient (Wildman–Crippen LogP) is 2.29. The molecule has 5 atom stereocenters. The number of primary amides is 1. The number of hydrogen-bond acceptors (Lipinski definition) is 6. The number of carbonyl (C=O) groups is 5. The Kier molecular flexibility index (Phi) is 7.83. The Labute approximate surface area is 225 Å². The van der Waals surface area contributed by atoms with E-state index in [0.717, 1.165) is 12.8 Å². The Hall–Kier alpha value is -2.86. The number of amides is 4. The molecule has 4 amide bonds. The van der Waals surface area contributed by atoms with E-state index in [9.17, 15) is 37.1 Å². The van der Waals surface area contributed by atoms with Gasteiger partial charge in [-0.15, -0.1) is 0 Å². The molecule has 3 fully saturated rings. The summed E-state index contributed by atoms with van der Waals surface area (Å²) in [4.78, 5) is 65.2. The van der Waals surface area contributed by atoms with Crippen LogP contribution in [0.2, 0.25) is 0 Å². The van der Waals surface area contributed by atoms with Gasteiger partial charge in [-0.2, -0.15) is 13.2 Å². The van der Waals surface area contributed by atoms with Crippen LogP contribution >= 0.6 is 0 Å². The zero-order chi connectivity index (χ0) is 29.9. The van der Waals surface area contributed by atoms with Crippen LogP contribution in [0, 0.1) is 28.6 Å². The summed E-state index contributed by atoms with van der Waals surface area (Å²) in [7, 11) is 0. The van der Waals surface area contributed by atoms with E-state index in [-0.39, 0.29) is 36.1 Å². The smallest absolute Gasteiger partial charge is 0.427 e. The number of piperidine rings is 1. The third-order valence-corrected chi connectivity index (χ3v) is 8.31. The summed E-state index contributed by atoms with van der Waals surface area (Å²) in [5.41, 5.74) is 1.16. The van der Waals surface area contributed by atoms with Gasteiger partial charge in [0.1, 0.15) is 12.1 Å². The molecule has 3 rings (SSSR count). The molecule has 4 N–H and O–H groups in total. The first-order chi connectivity index (χ1) is 17.6. The molecular formula is C26H39F3N4O6. The van der Waals surface area contributed by atoms with E-state index in [1.807, 2.05) is 13.8 Å². The van der Waals surface area contributed by atoms with Gasteiger partial charge in [0, 0.05) is 6.54 Å². The first-order valence-electron chi connectivity index (χ1n) is 13.1. The third kappa shape index (κ3) is 6.32. The number of fused-ring (bicyclic) bond motifs is 1. The maximum absolute atomic E-state index is 13.8. The fraction of sp³-hybridized carbons (Fsp3) is 0.808. The molecule has 220 valence electrons. The second kappa shape index (κ2) is 9.96. The molecule has 0 spiro atoms. The van der Waals surface area contributed by atoms with E-state index < -0.39 is 64.9 Å². The van der Waals surface area contributed by atoms with Gasteiger partial charge < -0.3 is 26.0 Å². The number of halogens is 3. The van der Waals surface area contributed by atoms with Gasteiger partial charge in [0.05, 0.1) is 6.04 Å². The average Bonchev–Trinajstić information content (AvgIpc) is 3.61. The molecule has 1 saturated heterocycles. The molecule has 10 nitrogen and oxygen atoms in total. The Morgan fingerprint density at radius 2 is 1.59 bits per heavy atom. The molecule has 0 aromatic carbocycles. The highest BCUT2D eigenvalue weighted by Crippen LogP contribution is 2.65. The summed E-state index contributed by atoms with van der Waals surface area (Å²) in [6.45, 7) is 10.4. The summed E-state index contributed by atoms with van der Waals surface area (Å²) in [5, 5.41) is 4.92. The van der Waals surface area contributed by atoms with Gasteiger partial charge in [0.15, 0.2) is 0 Å².